The maximum absolute atomic E-state index is 11.5. The van der Waals surface area contributed by atoms with Gasteiger partial charge in [0.15, 0.2) is 0 Å². The molecule has 1 heterocycles. The molecule has 0 spiro atoms. The number of carbonyl (C=O) groups excluding carboxylic acids is 2. The minimum absolute atomic E-state index is 0.130. The first-order valence-corrected chi connectivity index (χ1v) is 5.37. The van der Waals surface area contributed by atoms with Crippen molar-refractivity contribution in [1.29, 1.82) is 0 Å². The van der Waals surface area contributed by atoms with Gasteiger partial charge < -0.3 is 5.73 Å². The fraction of sp³-hybridized carbons (Fsp3) is 0.200. The third kappa shape index (κ3) is 1.64. The zero-order valence-corrected chi connectivity index (χ0v) is 9.68. The molecule has 1 fully saturated rings. The van der Waals surface area contributed by atoms with Crippen LogP contribution in [-0.4, -0.2) is 11.8 Å². The van der Waals surface area contributed by atoms with Crippen molar-refractivity contribution in [3.05, 3.63) is 22.2 Å². The van der Waals surface area contributed by atoms with E-state index in [-0.39, 0.29) is 34.7 Å². The molecule has 4 nitrogen and oxygen atoms in total. The molecule has 1 aromatic carbocycles. The lowest BCUT2D eigenvalue weighted by Gasteiger charge is -2.16. The molecule has 1 aliphatic heterocycles. The topological polar surface area (TPSA) is 63.4 Å². The maximum atomic E-state index is 11.5. The van der Waals surface area contributed by atoms with Crippen molar-refractivity contribution in [2.24, 2.45) is 0 Å². The maximum Gasteiger partial charge on any atom is 0.234 e. The van der Waals surface area contributed by atoms with Crippen molar-refractivity contribution < 1.29 is 9.59 Å². The number of hydrogen-bond donors (Lipinski definition) is 1. The van der Waals surface area contributed by atoms with Gasteiger partial charge in [0.2, 0.25) is 11.8 Å². The second-order valence-electron chi connectivity index (χ2n) is 3.42. The van der Waals surface area contributed by atoms with Gasteiger partial charge in [0.1, 0.15) is 0 Å². The van der Waals surface area contributed by atoms with E-state index in [1.54, 1.807) is 0 Å². The number of rotatable bonds is 1. The van der Waals surface area contributed by atoms with Gasteiger partial charge in [0.05, 0.1) is 21.4 Å². The zero-order chi connectivity index (χ0) is 11.9. The Morgan fingerprint density at radius 1 is 1.06 bits per heavy atom. The van der Waals surface area contributed by atoms with Crippen molar-refractivity contribution in [3.8, 4) is 0 Å². The van der Waals surface area contributed by atoms with Crippen LogP contribution >= 0.6 is 23.2 Å². The van der Waals surface area contributed by atoms with E-state index in [4.69, 9.17) is 28.9 Å². The summed E-state index contributed by atoms with van der Waals surface area (Å²) in [5, 5.41) is 0.289. The number of imide groups is 1. The monoisotopic (exact) mass is 258 g/mol. The largest absolute Gasteiger partial charge is 0.397 e. The molecule has 0 aromatic heterocycles. The van der Waals surface area contributed by atoms with E-state index in [1.807, 2.05) is 0 Å². The van der Waals surface area contributed by atoms with Crippen LogP contribution in [0.4, 0.5) is 11.4 Å². The zero-order valence-electron chi connectivity index (χ0n) is 8.17. The smallest absolute Gasteiger partial charge is 0.234 e. The molecule has 1 aliphatic rings. The van der Waals surface area contributed by atoms with Crippen LogP contribution in [0.15, 0.2) is 12.1 Å². The van der Waals surface area contributed by atoms with Gasteiger partial charge in [-0.25, -0.2) is 4.90 Å². The third-order valence-corrected chi connectivity index (χ3v) is 3.27. The van der Waals surface area contributed by atoms with Crippen molar-refractivity contribution in [2.75, 3.05) is 10.6 Å². The summed E-state index contributed by atoms with van der Waals surface area (Å²) >= 11 is 11.8. The van der Waals surface area contributed by atoms with Crippen LogP contribution < -0.4 is 10.6 Å². The highest BCUT2D eigenvalue weighted by atomic mass is 35.5. The fourth-order valence-electron chi connectivity index (χ4n) is 1.57. The summed E-state index contributed by atoms with van der Waals surface area (Å²) < 4.78 is 0. The predicted octanol–water partition coefficient (Wildman–Crippen LogP) is 2.23. The van der Waals surface area contributed by atoms with Crippen LogP contribution in [0.2, 0.25) is 10.0 Å². The molecule has 16 heavy (non-hydrogen) atoms. The number of halogens is 2. The molecule has 2 rings (SSSR count). The van der Waals surface area contributed by atoms with E-state index in [1.165, 1.54) is 12.1 Å². The highest BCUT2D eigenvalue weighted by Crippen LogP contribution is 2.38. The number of hydrogen-bond acceptors (Lipinski definition) is 3. The lowest BCUT2D eigenvalue weighted by atomic mass is 10.2. The number of nitrogens with two attached hydrogens (primary N) is 1. The molecule has 0 aliphatic carbocycles. The Bertz CT molecular complexity index is 472. The number of amides is 2. The Kier molecular flexibility index (Phi) is 2.78. The Balaban J connectivity index is 2.52. The van der Waals surface area contributed by atoms with E-state index in [9.17, 15) is 9.59 Å². The molecule has 1 saturated heterocycles. The molecule has 84 valence electrons. The molecule has 0 unspecified atom stereocenters. The van der Waals surface area contributed by atoms with E-state index in [0.29, 0.717) is 11.4 Å². The lowest BCUT2D eigenvalue weighted by Crippen LogP contribution is -2.28. The van der Waals surface area contributed by atoms with Gasteiger partial charge in [-0.1, -0.05) is 23.2 Å². The summed E-state index contributed by atoms with van der Waals surface area (Å²) in [4.78, 5) is 24.1. The van der Waals surface area contributed by atoms with E-state index in [0.717, 1.165) is 4.90 Å². The van der Waals surface area contributed by atoms with Crippen LogP contribution in [0, 0.1) is 0 Å². The second kappa shape index (κ2) is 3.96. The quantitative estimate of drug-likeness (QED) is 0.621. The summed E-state index contributed by atoms with van der Waals surface area (Å²) in [6.45, 7) is 0. The molecule has 2 N–H and O–H groups in total. The molecular weight excluding hydrogens is 251 g/mol. The van der Waals surface area contributed by atoms with Crippen LogP contribution in [0.1, 0.15) is 12.8 Å². The molecule has 0 bridgehead atoms. The van der Waals surface area contributed by atoms with Gasteiger partial charge in [-0.15, -0.1) is 0 Å². The molecule has 0 saturated carbocycles. The van der Waals surface area contributed by atoms with Crippen molar-refractivity contribution in [2.45, 2.75) is 12.8 Å². The average molecular weight is 259 g/mol. The summed E-state index contributed by atoms with van der Waals surface area (Å²) in [5.74, 6) is -0.541. The molecule has 2 amide bonds. The second-order valence-corrected chi connectivity index (χ2v) is 4.18. The fourth-order valence-corrected chi connectivity index (χ4v) is 1.99. The van der Waals surface area contributed by atoms with E-state index in [2.05, 4.69) is 0 Å². The van der Waals surface area contributed by atoms with Gasteiger partial charge in [-0.2, -0.15) is 0 Å². The van der Waals surface area contributed by atoms with Gasteiger partial charge in [0.25, 0.3) is 0 Å². The van der Waals surface area contributed by atoms with Crippen molar-refractivity contribution >= 4 is 46.4 Å². The highest BCUT2D eigenvalue weighted by molar-refractivity contribution is 6.46. The van der Waals surface area contributed by atoms with Crippen LogP contribution in [-0.2, 0) is 9.59 Å². The van der Waals surface area contributed by atoms with Crippen molar-refractivity contribution in [3.63, 3.8) is 0 Å². The first-order chi connectivity index (χ1) is 7.52. The Labute approximate surface area is 102 Å². The average Bonchev–Trinajstić information content (AvgIpc) is 2.57. The first kappa shape index (κ1) is 11.2. The number of nitrogen functional groups attached to an aromatic ring is 1. The Hall–Kier alpha value is -1.26. The Morgan fingerprint density at radius 3 is 2.19 bits per heavy atom. The molecule has 0 radical (unpaired) electrons. The van der Waals surface area contributed by atoms with Crippen LogP contribution in [0.25, 0.3) is 0 Å². The number of benzene rings is 1. The van der Waals surface area contributed by atoms with Gasteiger partial charge in [0, 0.05) is 12.8 Å². The molecule has 1 aromatic rings. The number of carbonyl (C=O) groups is 2. The van der Waals surface area contributed by atoms with E-state index < -0.39 is 0 Å². The molecular formula is C10H8Cl2N2O2. The molecule has 0 atom stereocenters. The van der Waals surface area contributed by atoms with Gasteiger partial charge in [-0.3, -0.25) is 9.59 Å². The first-order valence-electron chi connectivity index (χ1n) is 4.61. The van der Waals surface area contributed by atoms with Crippen LogP contribution in [0.3, 0.4) is 0 Å². The summed E-state index contributed by atoms with van der Waals surface area (Å²) in [5.41, 5.74) is 6.17. The Morgan fingerprint density at radius 2 is 1.62 bits per heavy atom. The minimum atomic E-state index is -0.271. The predicted molar refractivity (Wildman–Crippen MR) is 62.6 cm³/mol. The lowest BCUT2D eigenvalue weighted by molar-refractivity contribution is -0.121. The summed E-state index contributed by atoms with van der Waals surface area (Å²) in [6.07, 6.45) is 0.411. The van der Waals surface area contributed by atoms with Crippen molar-refractivity contribution in [1.82, 2.24) is 0 Å². The third-order valence-electron chi connectivity index (χ3n) is 2.38. The summed E-state index contributed by atoms with van der Waals surface area (Å²) in [7, 11) is 0. The van der Waals surface area contributed by atoms with E-state index >= 15 is 0 Å². The highest BCUT2D eigenvalue weighted by Gasteiger charge is 2.32. The molecule has 6 heteroatoms. The normalized spacial score (nSPS) is 16.0. The van der Waals surface area contributed by atoms with Gasteiger partial charge >= 0.3 is 0 Å². The SMILES string of the molecule is Nc1ccc(N2C(=O)CCC2=O)c(Cl)c1Cl. The minimum Gasteiger partial charge on any atom is -0.397 e. The standard InChI is InChI=1S/C10H8Cl2N2O2/c11-9-5(13)1-2-6(10(9)12)14-7(15)3-4-8(14)16/h1-2H,3-4,13H2. The van der Waals surface area contributed by atoms with Crippen LogP contribution in [0.5, 0.6) is 0 Å². The number of nitrogens with zero attached hydrogens (tertiary/aromatic N) is 1. The number of anilines is 2. The van der Waals surface area contributed by atoms with Gasteiger partial charge in [-0.05, 0) is 12.1 Å². The summed E-state index contributed by atoms with van der Waals surface area (Å²) in [6, 6.07) is 3.03.